The fourth-order valence-electron chi connectivity index (χ4n) is 2.80. The van der Waals surface area contributed by atoms with Gasteiger partial charge in [0.15, 0.2) is 0 Å². The van der Waals surface area contributed by atoms with E-state index < -0.39 is 0 Å². The Morgan fingerprint density at radius 3 is 2.73 bits per heavy atom. The molecule has 7 heteroatoms. The number of rotatable bonds is 6. The standard InChI is InChI=1S/C19H21N3O3S/c1-3-14(10-23)21-17(24)16-12(2)15-18(26-16)20-11-22(19(15)25)9-13-7-5-4-6-8-13/h4-8,11,14,23H,3,9-10H2,1-2H3,(H,21,24). The molecule has 26 heavy (non-hydrogen) atoms. The van der Waals surface area contributed by atoms with Gasteiger partial charge in [-0.2, -0.15) is 0 Å². The summed E-state index contributed by atoms with van der Waals surface area (Å²) in [6, 6.07) is 9.39. The first kappa shape index (κ1) is 18.3. The molecular weight excluding hydrogens is 350 g/mol. The Bertz CT molecular complexity index is 975. The van der Waals surface area contributed by atoms with Crippen molar-refractivity contribution in [2.75, 3.05) is 6.61 Å². The van der Waals surface area contributed by atoms with E-state index in [9.17, 15) is 14.7 Å². The Hall–Kier alpha value is -2.51. The molecule has 3 rings (SSSR count). The Morgan fingerprint density at radius 1 is 1.35 bits per heavy atom. The molecule has 136 valence electrons. The number of thiophene rings is 1. The smallest absolute Gasteiger partial charge is 0.262 e. The van der Waals surface area contributed by atoms with E-state index in [1.165, 1.54) is 17.7 Å². The van der Waals surface area contributed by atoms with Gasteiger partial charge >= 0.3 is 0 Å². The molecule has 1 atom stereocenters. The van der Waals surface area contributed by atoms with Crippen LogP contribution in [0.15, 0.2) is 41.5 Å². The zero-order valence-corrected chi connectivity index (χ0v) is 15.5. The van der Waals surface area contributed by atoms with Gasteiger partial charge in [0.2, 0.25) is 0 Å². The minimum Gasteiger partial charge on any atom is -0.394 e. The maximum Gasteiger partial charge on any atom is 0.262 e. The van der Waals surface area contributed by atoms with Crippen LogP contribution in [-0.4, -0.2) is 33.2 Å². The van der Waals surface area contributed by atoms with E-state index >= 15 is 0 Å². The molecule has 1 aromatic carbocycles. The molecule has 3 aromatic rings. The van der Waals surface area contributed by atoms with Gasteiger partial charge in [0, 0.05) is 0 Å². The molecule has 6 nitrogen and oxygen atoms in total. The number of hydrogen-bond donors (Lipinski definition) is 2. The van der Waals surface area contributed by atoms with E-state index in [2.05, 4.69) is 10.3 Å². The van der Waals surface area contributed by atoms with Crippen molar-refractivity contribution in [2.24, 2.45) is 0 Å². The van der Waals surface area contributed by atoms with Crippen molar-refractivity contribution in [2.45, 2.75) is 32.9 Å². The number of nitrogens with one attached hydrogen (secondary N) is 1. The SMILES string of the molecule is CCC(CO)NC(=O)c1sc2ncn(Cc3ccccc3)c(=O)c2c1C. The molecule has 0 fully saturated rings. The lowest BCUT2D eigenvalue weighted by molar-refractivity contribution is 0.0918. The van der Waals surface area contributed by atoms with Crippen LogP contribution in [0.25, 0.3) is 10.2 Å². The van der Waals surface area contributed by atoms with Gasteiger partial charge in [-0.1, -0.05) is 37.3 Å². The van der Waals surface area contributed by atoms with Gasteiger partial charge in [0.1, 0.15) is 4.83 Å². The third-order valence-electron chi connectivity index (χ3n) is 4.37. The molecule has 2 heterocycles. The summed E-state index contributed by atoms with van der Waals surface area (Å²) in [5.74, 6) is -0.277. The lowest BCUT2D eigenvalue weighted by atomic mass is 10.2. The second-order valence-electron chi connectivity index (χ2n) is 6.16. The first-order chi connectivity index (χ1) is 12.5. The number of hydrogen-bond acceptors (Lipinski definition) is 5. The van der Waals surface area contributed by atoms with Crippen LogP contribution < -0.4 is 10.9 Å². The molecule has 0 aliphatic carbocycles. The van der Waals surface area contributed by atoms with Crippen molar-refractivity contribution in [3.05, 3.63) is 63.0 Å². The number of aryl methyl sites for hydroxylation is 1. The summed E-state index contributed by atoms with van der Waals surface area (Å²) in [5.41, 5.74) is 1.49. The van der Waals surface area contributed by atoms with Crippen molar-refractivity contribution in [1.29, 1.82) is 0 Å². The third kappa shape index (κ3) is 3.54. The normalized spacial score (nSPS) is 12.3. The van der Waals surface area contributed by atoms with Gasteiger partial charge in [0.05, 0.1) is 35.8 Å². The molecule has 0 aliphatic heterocycles. The van der Waals surface area contributed by atoms with Crippen LogP contribution in [-0.2, 0) is 6.54 Å². The van der Waals surface area contributed by atoms with Gasteiger partial charge in [-0.25, -0.2) is 4.98 Å². The number of nitrogens with zero attached hydrogens (tertiary/aromatic N) is 2. The fraction of sp³-hybridized carbons (Fsp3) is 0.316. The zero-order valence-electron chi connectivity index (χ0n) is 14.7. The monoisotopic (exact) mass is 371 g/mol. The van der Waals surface area contributed by atoms with E-state index in [0.717, 1.165) is 5.56 Å². The minimum atomic E-state index is -0.296. The van der Waals surface area contributed by atoms with Crippen molar-refractivity contribution >= 4 is 27.5 Å². The maximum absolute atomic E-state index is 12.9. The van der Waals surface area contributed by atoms with Crippen molar-refractivity contribution < 1.29 is 9.90 Å². The van der Waals surface area contributed by atoms with Crippen LogP contribution in [0, 0.1) is 6.92 Å². The third-order valence-corrected chi connectivity index (χ3v) is 5.57. The fourth-order valence-corrected chi connectivity index (χ4v) is 3.84. The Labute approximate surface area is 155 Å². The molecular formula is C19H21N3O3S. The van der Waals surface area contributed by atoms with Crippen LogP contribution in [0.5, 0.6) is 0 Å². The highest BCUT2D eigenvalue weighted by atomic mass is 32.1. The summed E-state index contributed by atoms with van der Waals surface area (Å²) in [6.45, 7) is 3.97. The highest BCUT2D eigenvalue weighted by Crippen LogP contribution is 2.27. The molecule has 0 spiro atoms. The van der Waals surface area contributed by atoms with Gasteiger partial charge in [-0.15, -0.1) is 11.3 Å². The van der Waals surface area contributed by atoms with E-state index in [-0.39, 0.29) is 24.1 Å². The Morgan fingerprint density at radius 2 is 2.08 bits per heavy atom. The molecule has 0 aliphatic rings. The average molecular weight is 371 g/mol. The van der Waals surface area contributed by atoms with Crippen molar-refractivity contribution in [3.63, 3.8) is 0 Å². The Balaban J connectivity index is 1.97. The topological polar surface area (TPSA) is 84.2 Å². The molecule has 0 radical (unpaired) electrons. The Kier molecular flexibility index (Phi) is 5.49. The van der Waals surface area contributed by atoms with Crippen LogP contribution in [0.4, 0.5) is 0 Å². The van der Waals surface area contributed by atoms with Crippen LogP contribution in [0.3, 0.4) is 0 Å². The molecule has 0 saturated heterocycles. The summed E-state index contributed by atoms with van der Waals surface area (Å²) >= 11 is 1.21. The predicted molar refractivity (Wildman–Crippen MR) is 103 cm³/mol. The number of fused-ring (bicyclic) bond motifs is 1. The number of aliphatic hydroxyl groups is 1. The summed E-state index contributed by atoms with van der Waals surface area (Å²) < 4.78 is 1.56. The lowest BCUT2D eigenvalue weighted by Crippen LogP contribution is -2.36. The molecule has 1 amide bonds. The van der Waals surface area contributed by atoms with Gasteiger partial charge < -0.3 is 10.4 Å². The molecule has 0 bridgehead atoms. The number of carbonyl (C=O) groups is 1. The second kappa shape index (κ2) is 7.80. The number of amides is 1. The second-order valence-corrected chi connectivity index (χ2v) is 7.16. The lowest BCUT2D eigenvalue weighted by Gasteiger charge is -2.13. The van der Waals surface area contributed by atoms with Crippen LogP contribution in [0.1, 0.15) is 34.1 Å². The summed E-state index contributed by atoms with van der Waals surface area (Å²) in [7, 11) is 0. The molecule has 2 N–H and O–H groups in total. The van der Waals surface area contributed by atoms with Gasteiger partial charge in [0.25, 0.3) is 11.5 Å². The summed E-state index contributed by atoms with van der Waals surface area (Å²) in [4.78, 5) is 30.8. The maximum atomic E-state index is 12.9. The summed E-state index contributed by atoms with van der Waals surface area (Å²) in [6.07, 6.45) is 2.16. The number of aliphatic hydroxyl groups excluding tert-OH is 1. The largest absolute Gasteiger partial charge is 0.394 e. The van der Waals surface area contributed by atoms with Crippen LogP contribution >= 0.6 is 11.3 Å². The quantitative estimate of drug-likeness (QED) is 0.696. The highest BCUT2D eigenvalue weighted by molar-refractivity contribution is 7.20. The van der Waals surface area contributed by atoms with Crippen molar-refractivity contribution in [1.82, 2.24) is 14.9 Å². The number of aromatic nitrogens is 2. The van der Waals surface area contributed by atoms with Crippen molar-refractivity contribution in [3.8, 4) is 0 Å². The van der Waals surface area contributed by atoms with E-state index in [1.807, 2.05) is 37.3 Å². The molecule has 1 unspecified atom stereocenters. The van der Waals surface area contributed by atoms with E-state index in [4.69, 9.17) is 0 Å². The molecule has 0 saturated carbocycles. The number of benzene rings is 1. The van der Waals surface area contributed by atoms with E-state index in [0.29, 0.717) is 33.6 Å². The number of carbonyl (C=O) groups excluding carboxylic acids is 1. The predicted octanol–water partition coefficient (Wildman–Crippen LogP) is 2.32. The van der Waals surface area contributed by atoms with Gasteiger partial charge in [-0.05, 0) is 24.5 Å². The average Bonchev–Trinajstić information content (AvgIpc) is 3.00. The first-order valence-electron chi connectivity index (χ1n) is 8.49. The minimum absolute atomic E-state index is 0.117. The first-order valence-corrected chi connectivity index (χ1v) is 9.31. The highest BCUT2D eigenvalue weighted by Gasteiger charge is 2.21. The van der Waals surface area contributed by atoms with E-state index in [1.54, 1.807) is 11.5 Å². The molecule has 2 aromatic heterocycles. The van der Waals surface area contributed by atoms with Gasteiger partial charge in [-0.3, -0.25) is 14.2 Å². The van der Waals surface area contributed by atoms with Crippen LogP contribution in [0.2, 0.25) is 0 Å². The zero-order chi connectivity index (χ0) is 18.7. The summed E-state index contributed by atoms with van der Waals surface area (Å²) in [5, 5.41) is 12.5.